The number of hydrogen-bond acceptors (Lipinski definition) is 2. The van der Waals surface area contributed by atoms with Gasteiger partial charge in [-0.25, -0.2) is 0 Å². The van der Waals surface area contributed by atoms with Crippen molar-refractivity contribution in [2.24, 2.45) is 5.41 Å². The van der Waals surface area contributed by atoms with Crippen LogP contribution in [0.2, 0.25) is 0 Å². The summed E-state index contributed by atoms with van der Waals surface area (Å²) in [6.45, 7) is 13.1. The highest BCUT2D eigenvalue weighted by atomic mass is 15.1. The van der Waals surface area contributed by atoms with Crippen molar-refractivity contribution in [1.82, 2.24) is 10.2 Å². The van der Waals surface area contributed by atoms with E-state index in [0.717, 1.165) is 6.54 Å². The zero-order valence-corrected chi connectivity index (χ0v) is 10.1. The van der Waals surface area contributed by atoms with Crippen LogP contribution < -0.4 is 5.32 Å². The van der Waals surface area contributed by atoms with Crippen LogP contribution in [0.1, 0.15) is 40.0 Å². The molecule has 2 heteroatoms. The van der Waals surface area contributed by atoms with Crippen molar-refractivity contribution in [1.29, 1.82) is 0 Å². The number of hydrogen-bond donors (Lipinski definition) is 1. The maximum Gasteiger partial charge on any atom is -0.000663 e. The van der Waals surface area contributed by atoms with Gasteiger partial charge in [0.05, 0.1) is 0 Å². The van der Waals surface area contributed by atoms with Gasteiger partial charge in [-0.2, -0.15) is 0 Å². The summed E-state index contributed by atoms with van der Waals surface area (Å²) >= 11 is 0. The third-order valence-corrected chi connectivity index (χ3v) is 3.29. The molecule has 84 valence electrons. The van der Waals surface area contributed by atoms with Crippen LogP contribution in [0.3, 0.4) is 0 Å². The monoisotopic (exact) mass is 198 g/mol. The summed E-state index contributed by atoms with van der Waals surface area (Å²) in [5.41, 5.74) is 0.595. The largest absolute Gasteiger partial charge is 0.317 e. The first kappa shape index (κ1) is 12.0. The van der Waals surface area contributed by atoms with E-state index in [-0.39, 0.29) is 0 Å². The fourth-order valence-corrected chi connectivity index (χ4v) is 1.99. The molecule has 0 amide bonds. The lowest BCUT2D eigenvalue weighted by Crippen LogP contribution is -2.38. The van der Waals surface area contributed by atoms with Gasteiger partial charge in [-0.05, 0) is 57.4 Å². The molecule has 0 aromatic carbocycles. The van der Waals surface area contributed by atoms with E-state index in [1.165, 1.54) is 45.4 Å². The Morgan fingerprint density at radius 1 is 1.21 bits per heavy atom. The summed E-state index contributed by atoms with van der Waals surface area (Å²) < 4.78 is 0. The molecule has 14 heavy (non-hydrogen) atoms. The Labute approximate surface area is 89.1 Å². The molecule has 2 nitrogen and oxygen atoms in total. The topological polar surface area (TPSA) is 15.3 Å². The van der Waals surface area contributed by atoms with Crippen molar-refractivity contribution in [2.45, 2.75) is 40.0 Å². The van der Waals surface area contributed by atoms with Gasteiger partial charge in [0.2, 0.25) is 0 Å². The molecule has 0 unspecified atom stereocenters. The predicted octanol–water partition coefficient (Wildman–Crippen LogP) is 2.11. The summed E-state index contributed by atoms with van der Waals surface area (Å²) in [7, 11) is 0. The second kappa shape index (κ2) is 5.72. The number of nitrogens with zero attached hydrogens (tertiary/aromatic N) is 1. The van der Waals surface area contributed by atoms with Crippen molar-refractivity contribution >= 4 is 0 Å². The molecule has 1 aliphatic rings. The summed E-state index contributed by atoms with van der Waals surface area (Å²) in [6, 6.07) is 0. The Morgan fingerprint density at radius 2 is 1.86 bits per heavy atom. The van der Waals surface area contributed by atoms with Gasteiger partial charge in [0.1, 0.15) is 0 Å². The van der Waals surface area contributed by atoms with Crippen LogP contribution in [0, 0.1) is 5.41 Å². The van der Waals surface area contributed by atoms with Gasteiger partial charge in [-0.3, -0.25) is 0 Å². The number of rotatable bonds is 5. The Balaban J connectivity index is 2.04. The van der Waals surface area contributed by atoms with Crippen molar-refractivity contribution in [3.63, 3.8) is 0 Å². The highest BCUT2D eigenvalue weighted by Crippen LogP contribution is 2.29. The minimum Gasteiger partial charge on any atom is -0.317 e. The van der Waals surface area contributed by atoms with Crippen LogP contribution in [0.4, 0.5) is 0 Å². The third kappa shape index (κ3) is 4.43. The molecule has 0 radical (unpaired) electrons. The fourth-order valence-electron chi connectivity index (χ4n) is 1.99. The fraction of sp³-hybridized carbons (Fsp3) is 1.00. The maximum absolute atomic E-state index is 3.38. The molecule has 1 fully saturated rings. The Bertz CT molecular complexity index is 144. The molecule has 0 aromatic rings. The summed E-state index contributed by atoms with van der Waals surface area (Å²) in [5.74, 6) is 0. The number of likely N-dealkylation sites (tertiary alicyclic amines) is 1. The molecule has 0 bridgehead atoms. The first-order valence-corrected chi connectivity index (χ1v) is 6.07. The zero-order chi connectivity index (χ0) is 10.4. The Kier molecular flexibility index (Phi) is 4.90. The van der Waals surface area contributed by atoms with E-state index in [0.29, 0.717) is 5.41 Å². The van der Waals surface area contributed by atoms with Crippen LogP contribution >= 0.6 is 0 Å². The first-order chi connectivity index (χ1) is 6.64. The molecule has 0 saturated carbocycles. The van der Waals surface area contributed by atoms with Crippen LogP contribution in [0.15, 0.2) is 0 Å². The first-order valence-electron chi connectivity index (χ1n) is 6.07. The van der Waals surface area contributed by atoms with Crippen LogP contribution in [-0.4, -0.2) is 37.6 Å². The van der Waals surface area contributed by atoms with Gasteiger partial charge < -0.3 is 10.2 Å². The Morgan fingerprint density at radius 3 is 2.43 bits per heavy atom. The highest BCUT2D eigenvalue weighted by molar-refractivity contribution is 4.78. The molecule has 0 spiro atoms. The molecule has 0 aromatic heterocycles. The predicted molar refractivity (Wildman–Crippen MR) is 62.6 cm³/mol. The van der Waals surface area contributed by atoms with E-state index >= 15 is 0 Å². The second-order valence-electron chi connectivity index (χ2n) is 5.21. The van der Waals surface area contributed by atoms with E-state index in [1.807, 2.05) is 0 Å². The van der Waals surface area contributed by atoms with Crippen LogP contribution in [-0.2, 0) is 0 Å². The highest BCUT2D eigenvalue weighted by Gasteiger charge is 2.24. The maximum atomic E-state index is 3.38. The van der Waals surface area contributed by atoms with E-state index in [2.05, 4.69) is 31.0 Å². The van der Waals surface area contributed by atoms with Crippen molar-refractivity contribution in [3.05, 3.63) is 0 Å². The van der Waals surface area contributed by atoms with Crippen LogP contribution in [0.25, 0.3) is 0 Å². The molecular weight excluding hydrogens is 172 g/mol. The number of nitrogens with one attached hydrogen (secondary N) is 1. The normalized spacial score (nSPS) is 22.5. The van der Waals surface area contributed by atoms with E-state index in [4.69, 9.17) is 0 Å². The van der Waals surface area contributed by atoms with Gasteiger partial charge in [0, 0.05) is 0 Å². The molecule has 1 heterocycles. The Hall–Kier alpha value is -0.0800. The minimum atomic E-state index is 0.595. The van der Waals surface area contributed by atoms with Gasteiger partial charge in [0.15, 0.2) is 0 Å². The van der Waals surface area contributed by atoms with Gasteiger partial charge in [-0.15, -0.1) is 0 Å². The molecule has 0 aliphatic carbocycles. The summed E-state index contributed by atoms with van der Waals surface area (Å²) in [5, 5.41) is 3.38. The lowest BCUT2D eigenvalue weighted by atomic mass is 9.83. The quantitative estimate of drug-likeness (QED) is 0.681. The molecule has 1 N–H and O–H groups in total. The van der Waals surface area contributed by atoms with E-state index in [1.54, 1.807) is 0 Å². The minimum absolute atomic E-state index is 0.595. The molecule has 1 rings (SSSR count). The van der Waals surface area contributed by atoms with Crippen LogP contribution in [0.5, 0.6) is 0 Å². The van der Waals surface area contributed by atoms with Gasteiger partial charge in [0.25, 0.3) is 0 Å². The summed E-state index contributed by atoms with van der Waals surface area (Å²) in [6.07, 6.45) is 4.04. The average molecular weight is 198 g/mol. The van der Waals surface area contributed by atoms with E-state index < -0.39 is 0 Å². The smallest absolute Gasteiger partial charge is 0.000663 e. The standard InChI is InChI=1S/C12H26N2/c1-4-13-8-5-9-14-10-6-12(2,3)7-11-14/h13H,4-11H2,1-3H3. The SMILES string of the molecule is CCNCCCN1CCC(C)(C)CC1. The van der Waals surface area contributed by atoms with Crippen molar-refractivity contribution < 1.29 is 0 Å². The lowest BCUT2D eigenvalue weighted by molar-refractivity contribution is 0.131. The van der Waals surface area contributed by atoms with Gasteiger partial charge >= 0.3 is 0 Å². The third-order valence-electron chi connectivity index (χ3n) is 3.29. The van der Waals surface area contributed by atoms with Crippen molar-refractivity contribution in [3.8, 4) is 0 Å². The average Bonchev–Trinajstić information content (AvgIpc) is 2.15. The molecule has 1 aliphatic heterocycles. The van der Waals surface area contributed by atoms with Gasteiger partial charge in [-0.1, -0.05) is 20.8 Å². The molecule has 1 saturated heterocycles. The zero-order valence-electron chi connectivity index (χ0n) is 10.1. The lowest BCUT2D eigenvalue weighted by Gasteiger charge is -2.36. The second-order valence-corrected chi connectivity index (χ2v) is 5.21. The van der Waals surface area contributed by atoms with Crippen molar-refractivity contribution in [2.75, 3.05) is 32.7 Å². The number of piperidine rings is 1. The van der Waals surface area contributed by atoms with E-state index in [9.17, 15) is 0 Å². The molecule has 0 atom stereocenters. The summed E-state index contributed by atoms with van der Waals surface area (Å²) in [4.78, 5) is 2.61. The molecular formula is C12H26N2.